The molecule has 3 N–H and O–H groups in total. The van der Waals surface area contributed by atoms with Gasteiger partial charge in [-0.05, 0) is 32.0 Å². The standard InChI is InChI=1S/C16H19N3O5S/c1-16(2)13(9-19-14(20)6-7-15(19)21)17-11-8-10(18-25(3,22)23)4-5-12(11)24-16/h4-8,18,20-21H,9H2,1-3H3. The Hall–Kier alpha value is -2.68. The Kier molecular flexibility index (Phi) is 3.91. The van der Waals surface area contributed by atoms with E-state index in [9.17, 15) is 18.6 Å². The van der Waals surface area contributed by atoms with E-state index in [1.54, 1.807) is 18.2 Å². The number of aromatic nitrogens is 1. The molecule has 0 unspecified atom stereocenters. The molecular formula is C16H19N3O5S. The van der Waals surface area contributed by atoms with Gasteiger partial charge in [-0.1, -0.05) is 0 Å². The number of benzene rings is 1. The minimum atomic E-state index is -3.40. The summed E-state index contributed by atoms with van der Waals surface area (Å²) in [6, 6.07) is 7.58. The van der Waals surface area contributed by atoms with Crippen molar-refractivity contribution >= 4 is 27.1 Å². The van der Waals surface area contributed by atoms with Crippen LogP contribution in [0.2, 0.25) is 0 Å². The van der Waals surface area contributed by atoms with Gasteiger partial charge in [0, 0.05) is 12.1 Å². The zero-order valence-corrected chi connectivity index (χ0v) is 14.8. The minimum absolute atomic E-state index is 0.0886. The summed E-state index contributed by atoms with van der Waals surface area (Å²) in [5.74, 6) is 0.345. The molecular weight excluding hydrogens is 346 g/mol. The first-order chi connectivity index (χ1) is 11.5. The number of anilines is 1. The van der Waals surface area contributed by atoms with Gasteiger partial charge in [-0.15, -0.1) is 0 Å². The number of fused-ring (bicyclic) bond motifs is 1. The van der Waals surface area contributed by atoms with E-state index in [0.717, 1.165) is 6.26 Å². The maximum atomic E-state index is 11.4. The van der Waals surface area contributed by atoms with Gasteiger partial charge in [-0.3, -0.25) is 9.29 Å². The summed E-state index contributed by atoms with van der Waals surface area (Å²) in [4.78, 5) is 4.56. The molecule has 3 rings (SSSR count). The van der Waals surface area contributed by atoms with E-state index in [1.807, 2.05) is 13.8 Å². The molecule has 0 saturated heterocycles. The van der Waals surface area contributed by atoms with Crippen molar-refractivity contribution in [3.05, 3.63) is 30.3 Å². The van der Waals surface area contributed by atoms with Crippen LogP contribution in [0.15, 0.2) is 35.3 Å². The van der Waals surface area contributed by atoms with Gasteiger partial charge >= 0.3 is 0 Å². The molecule has 1 aromatic carbocycles. The fraction of sp³-hybridized carbons (Fsp3) is 0.312. The molecule has 0 saturated carbocycles. The number of hydrogen-bond donors (Lipinski definition) is 3. The van der Waals surface area contributed by atoms with E-state index in [1.165, 1.54) is 16.7 Å². The molecule has 1 aromatic heterocycles. The first-order valence-electron chi connectivity index (χ1n) is 7.51. The second-order valence-electron chi connectivity index (χ2n) is 6.36. The van der Waals surface area contributed by atoms with Gasteiger partial charge in [-0.25, -0.2) is 13.4 Å². The molecule has 0 amide bonds. The number of nitrogens with one attached hydrogen (secondary N) is 1. The number of nitrogens with zero attached hydrogens (tertiary/aromatic N) is 2. The Morgan fingerprint density at radius 2 is 1.84 bits per heavy atom. The Morgan fingerprint density at radius 3 is 2.44 bits per heavy atom. The highest BCUT2D eigenvalue weighted by Gasteiger charge is 2.33. The maximum absolute atomic E-state index is 11.4. The van der Waals surface area contributed by atoms with Crippen LogP contribution in [0, 0.1) is 0 Å². The molecule has 9 heteroatoms. The summed E-state index contributed by atoms with van der Waals surface area (Å²) in [5, 5.41) is 19.7. The lowest BCUT2D eigenvalue weighted by Gasteiger charge is -2.33. The highest BCUT2D eigenvalue weighted by atomic mass is 32.2. The average molecular weight is 365 g/mol. The van der Waals surface area contributed by atoms with Crippen molar-refractivity contribution in [2.24, 2.45) is 4.99 Å². The third-order valence-electron chi connectivity index (χ3n) is 3.82. The zero-order valence-electron chi connectivity index (χ0n) is 14.0. The average Bonchev–Trinajstić information content (AvgIpc) is 2.78. The van der Waals surface area contributed by atoms with Gasteiger partial charge < -0.3 is 14.9 Å². The number of rotatable bonds is 4. The number of hydrogen-bond acceptors (Lipinski definition) is 6. The topological polar surface area (TPSA) is 113 Å². The van der Waals surface area contributed by atoms with Crippen LogP contribution in [0.1, 0.15) is 13.8 Å². The van der Waals surface area contributed by atoms with Gasteiger partial charge in [0.25, 0.3) is 0 Å². The quantitative estimate of drug-likeness (QED) is 0.769. The molecule has 0 fully saturated rings. The number of sulfonamides is 1. The molecule has 1 aliphatic heterocycles. The van der Waals surface area contributed by atoms with Crippen LogP contribution < -0.4 is 9.46 Å². The summed E-state index contributed by atoms with van der Waals surface area (Å²) >= 11 is 0. The monoisotopic (exact) mass is 365 g/mol. The molecule has 2 heterocycles. The van der Waals surface area contributed by atoms with E-state index in [0.29, 0.717) is 22.8 Å². The molecule has 0 aliphatic carbocycles. The lowest BCUT2D eigenvalue weighted by Crippen LogP contribution is -2.42. The van der Waals surface area contributed by atoms with E-state index in [4.69, 9.17) is 4.74 Å². The van der Waals surface area contributed by atoms with E-state index in [-0.39, 0.29) is 18.3 Å². The Labute approximate surface area is 145 Å². The van der Waals surface area contributed by atoms with Crippen LogP contribution in [0.3, 0.4) is 0 Å². The first-order valence-corrected chi connectivity index (χ1v) is 9.41. The summed E-state index contributed by atoms with van der Waals surface area (Å²) in [5.41, 5.74) is 0.647. The molecule has 1 aliphatic rings. The fourth-order valence-corrected chi connectivity index (χ4v) is 3.12. The van der Waals surface area contributed by atoms with Gasteiger partial charge in [0.2, 0.25) is 10.0 Å². The van der Waals surface area contributed by atoms with Gasteiger partial charge in [0.1, 0.15) is 17.0 Å². The van der Waals surface area contributed by atoms with Crippen molar-refractivity contribution < 1.29 is 23.4 Å². The van der Waals surface area contributed by atoms with E-state index < -0.39 is 15.6 Å². The smallest absolute Gasteiger partial charge is 0.229 e. The van der Waals surface area contributed by atoms with Crippen LogP contribution in [0.5, 0.6) is 17.5 Å². The predicted molar refractivity (Wildman–Crippen MR) is 94.5 cm³/mol. The summed E-state index contributed by atoms with van der Waals surface area (Å²) in [6.45, 7) is 3.78. The van der Waals surface area contributed by atoms with Crippen LogP contribution in [-0.4, -0.2) is 40.8 Å². The van der Waals surface area contributed by atoms with Crippen molar-refractivity contribution in [3.63, 3.8) is 0 Å². The van der Waals surface area contributed by atoms with Crippen molar-refractivity contribution in [1.82, 2.24) is 4.57 Å². The number of aromatic hydroxyl groups is 2. The molecule has 25 heavy (non-hydrogen) atoms. The third kappa shape index (κ3) is 3.55. The van der Waals surface area contributed by atoms with Crippen molar-refractivity contribution in [1.29, 1.82) is 0 Å². The van der Waals surface area contributed by atoms with Gasteiger partial charge in [0.05, 0.1) is 24.2 Å². The second kappa shape index (κ2) is 5.69. The number of aliphatic imine (C=N–C) groups is 1. The first kappa shape index (κ1) is 17.2. The lowest BCUT2D eigenvalue weighted by atomic mass is 10.00. The molecule has 0 atom stereocenters. The summed E-state index contributed by atoms with van der Waals surface area (Å²) in [6.07, 6.45) is 1.07. The van der Waals surface area contributed by atoms with Gasteiger partial charge in [0.15, 0.2) is 11.8 Å². The minimum Gasteiger partial charge on any atom is -0.494 e. The summed E-state index contributed by atoms with van der Waals surface area (Å²) in [7, 11) is -3.40. The molecule has 0 spiro atoms. The van der Waals surface area contributed by atoms with Crippen molar-refractivity contribution in [3.8, 4) is 17.5 Å². The lowest BCUT2D eigenvalue weighted by molar-refractivity contribution is 0.175. The molecule has 0 radical (unpaired) electrons. The highest BCUT2D eigenvalue weighted by molar-refractivity contribution is 7.92. The van der Waals surface area contributed by atoms with E-state index in [2.05, 4.69) is 9.71 Å². The Balaban J connectivity index is 2.00. The second-order valence-corrected chi connectivity index (χ2v) is 8.11. The molecule has 2 aromatic rings. The fourth-order valence-electron chi connectivity index (χ4n) is 2.57. The SMILES string of the molecule is CC1(C)Oc2ccc(NS(C)(=O)=O)cc2N=C1Cn1c(O)ccc1O. The molecule has 8 nitrogen and oxygen atoms in total. The normalized spacial score (nSPS) is 15.9. The van der Waals surface area contributed by atoms with Crippen molar-refractivity contribution in [2.45, 2.75) is 26.0 Å². The Bertz CT molecular complexity index is 941. The Morgan fingerprint density at radius 1 is 1.20 bits per heavy atom. The summed E-state index contributed by atoms with van der Waals surface area (Å²) < 4.78 is 32.4. The molecule has 134 valence electrons. The molecule has 0 bridgehead atoms. The number of ether oxygens (including phenoxy) is 1. The largest absolute Gasteiger partial charge is 0.494 e. The van der Waals surface area contributed by atoms with Gasteiger partial charge in [-0.2, -0.15) is 0 Å². The third-order valence-corrected chi connectivity index (χ3v) is 4.43. The van der Waals surface area contributed by atoms with Crippen molar-refractivity contribution in [2.75, 3.05) is 11.0 Å². The predicted octanol–water partition coefficient (Wildman–Crippen LogP) is 2.21. The van der Waals surface area contributed by atoms with Crippen LogP contribution in [0.4, 0.5) is 11.4 Å². The highest BCUT2D eigenvalue weighted by Crippen LogP contribution is 2.39. The van der Waals surface area contributed by atoms with E-state index >= 15 is 0 Å². The maximum Gasteiger partial charge on any atom is 0.229 e. The van der Waals surface area contributed by atoms with Crippen LogP contribution in [0.25, 0.3) is 0 Å². The van der Waals surface area contributed by atoms with Crippen LogP contribution in [-0.2, 0) is 16.6 Å². The zero-order chi connectivity index (χ0) is 18.4. The van der Waals surface area contributed by atoms with Crippen LogP contribution >= 0.6 is 0 Å².